The van der Waals surface area contributed by atoms with Crippen LogP contribution in [0.5, 0.6) is 0 Å². The summed E-state index contributed by atoms with van der Waals surface area (Å²) in [6, 6.07) is 0. The Morgan fingerprint density at radius 1 is 1.26 bits per heavy atom. The van der Waals surface area contributed by atoms with Crippen LogP contribution in [0.2, 0.25) is 0 Å². The number of ketones is 1. The highest BCUT2D eigenvalue weighted by atomic mass is 16.5. The van der Waals surface area contributed by atoms with Gasteiger partial charge >= 0.3 is 5.97 Å². The lowest BCUT2D eigenvalue weighted by atomic mass is 9.72. The first kappa shape index (κ1) is 19.7. The normalized spacial score (nSPS) is 17.8. The van der Waals surface area contributed by atoms with E-state index in [0.717, 1.165) is 19.3 Å². The molecule has 0 atom stereocenters. The average molecular weight is 320 g/mol. The summed E-state index contributed by atoms with van der Waals surface area (Å²) in [6.07, 6.45) is 8.33. The molecule has 0 N–H and O–H groups in total. The summed E-state index contributed by atoms with van der Waals surface area (Å²) >= 11 is 0. The van der Waals surface area contributed by atoms with Gasteiger partial charge in [-0.05, 0) is 55.6 Å². The van der Waals surface area contributed by atoms with Crippen LogP contribution < -0.4 is 0 Å². The van der Waals surface area contributed by atoms with E-state index in [2.05, 4.69) is 34.6 Å². The van der Waals surface area contributed by atoms with E-state index < -0.39 is 0 Å². The fourth-order valence-corrected chi connectivity index (χ4v) is 2.98. The molecule has 0 aromatic rings. The quantitative estimate of drug-likeness (QED) is 0.466. The second kappa shape index (κ2) is 9.05. The van der Waals surface area contributed by atoms with Crippen LogP contribution in [-0.2, 0) is 14.3 Å². The molecule has 1 rings (SSSR count). The van der Waals surface area contributed by atoms with Gasteiger partial charge < -0.3 is 4.74 Å². The van der Waals surface area contributed by atoms with Crippen LogP contribution in [0.1, 0.15) is 73.1 Å². The van der Waals surface area contributed by atoms with Gasteiger partial charge in [0.25, 0.3) is 0 Å². The molecule has 0 radical (unpaired) electrons. The van der Waals surface area contributed by atoms with E-state index in [1.807, 2.05) is 6.08 Å². The van der Waals surface area contributed by atoms with E-state index in [9.17, 15) is 9.59 Å². The van der Waals surface area contributed by atoms with Crippen molar-refractivity contribution in [2.45, 2.75) is 73.1 Å². The van der Waals surface area contributed by atoms with Crippen molar-refractivity contribution in [1.82, 2.24) is 0 Å². The molecule has 0 spiro atoms. The molecule has 0 fully saturated rings. The van der Waals surface area contributed by atoms with Crippen molar-refractivity contribution in [3.8, 4) is 0 Å². The predicted octanol–water partition coefficient (Wildman–Crippen LogP) is 5.01. The zero-order valence-electron chi connectivity index (χ0n) is 15.4. The molecule has 1 aliphatic rings. The SMILES string of the molecule is CC1=C(/C=C/C(=O)CCC(=O)OCCC(C)C)C(C)(C)CCC1. The maximum absolute atomic E-state index is 12.0. The third-order valence-electron chi connectivity index (χ3n) is 4.51. The topological polar surface area (TPSA) is 43.4 Å². The number of rotatable bonds is 8. The Morgan fingerprint density at radius 2 is 1.96 bits per heavy atom. The number of hydrogen-bond donors (Lipinski definition) is 0. The summed E-state index contributed by atoms with van der Waals surface area (Å²) in [4.78, 5) is 23.6. The van der Waals surface area contributed by atoms with Crippen molar-refractivity contribution >= 4 is 11.8 Å². The van der Waals surface area contributed by atoms with Gasteiger partial charge in [-0.3, -0.25) is 9.59 Å². The van der Waals surface area contributed by atoms with E-state index in [1.54, 1.807) is 6.08 Å². The molecule has 0 amide bonds. The minimum absolute atomic E-state index is 0.00696. The van der Waals surface area contributed by atoms with Gasteiger partial charge in [-0.15, -0.1) is 0 Å². The number of hydrogen-bond acceptors (Lipinski definition) is 3. The van der Waals surface area contributed by atoms with Gasteiger partial charge in [-0.1, -0.05) is 39.3 Å². The summed E-state index contributed by atoms with van der Waals surface area (Å²) in [5, 5.41) is 0. The van der Waals surface area contributed by atoms with Crippen molar-refractivity contribution in [1.29, 1.82) is 0 Å². The molecular formula is C20H32O3. The van der Waals surface area contributed by atoms with Gasteiger partial charge in [0.2, 0.25) is 0 Å². The van der Waals surface area contributed by atoms with E-state index >= 15 is 0 Å². The molecule has 3 nitrogen and oxygen atoms in total. The third kappa shape index (κ3) is 7.15. The van der Waals surface area contributed by atoms with Gasteiger partial charge in [-0.2, -0.15) is 0 Å². The summed E-state index contributed by atoms with van der Waals surface area (Å²) in [5.41, 5.74) is 2.78. The van der Waals surface area contributed by atoms with E-state index in [1.165, 1.54) is 17.6 Å². The molecule has 0 heterocycles. The minimum atomic E-state index is -0.277. The molecule has 0 aromatic heterocycles. The predicted molar refractivity (Wildman–Crippen MR) is 94.1 cm³/mol. The average Bonchev–Trinajstić information content (AvgIpc) is 2.43. The smallest absolute Gasteiger partial charge is 0.306 e. The number of esters is 1. The van der Waals surface area contributed by atoms with Crippen molar-refractivity contribution in [3.63, 3.8) is 0 Å². The number of carbonyl (C=O) groups is 2. The van der Waals surface area contributed by atoms with Crippen LogP contribution in [0.15, 0.2) is 23.3 Å². The van der Waals surface area contributed by atoms with E-state index in [0.29, 0.717) is 12.5 Å². The Hall–Kier alpha value is -1.38. The first-order chi connectivity index (χ1) is 10.7. The van der Waals surface area contributed by atoms with E-state index in [4.69, 9.17) is 4.74 Å². The summed E-state index contributed by atoms with van der Waals surface area (Å²) in [5.74, 6) is 0.232. The second-order valence-electron chi connectivity index (χ2n) is 7.63. The lowest BCUT2D eigenvalue weighted by Crippen LogP contribution is -2.19. The molecule has 0 bridgehead atoms. The molecule has 0 aromatic carbocycles. The maximum atomic E-state index is 12.0. The van der Waals surface area contributed by atoms with Crippen LogP contribution in [0.3, 0.4) is 0 Å². The number of ether oxygens (including phenoxy) is 1. The Balaban J connectivity index is 2.43. The first-order valence-electron chi connectivity index (χ1n) is 8.79. The summed E-state index contributed by atoms with van der Waals surface area (Å²) in [7, 11) is 0. The van der Waals surface area contributed by atoms with Gasteiger partial charge in [0, 0.05) is 6.42 Å². The molecule has 0 saturated heterocycles. The molecular weight excluding hydrogens is 288 g/mol. The number of allylic oxidation sites excluding steroid dienone is 4. The molecule has 0 aliphatic heterocycles. The lowest BCUT2D eigenvalue weighted by Gasteiger charge is -2.32. The largest absolute Gasteiger partial charge is 0.466 e. The Morgan fingerprint density at radius 3 is 2.57 bits per heavy atom. The first-order valence-corrected chi connectivity index (χ1v) is 8.79. The molecule has 130 valence electrons. The Labute approximate surface area is 141 Å². The monoisotopic (exact) mass is 320 g/mol. The molecule has 0 saturated carbocycles. The van der Waals surface area contributed by atoms with Crippen molar-refractivity contribution in [2.75, 3.05) is 6.61 Å². The third-order valence-corrected chi connectivity index (χ3v) is 4.51. The molecule has 0 unspecified atom stereocenters. The van der Waals surface area contributed by atoms with Crippen LogP contribution in [-0.4, -0.2) is 18.4 Å². The van der Waals surface area contributed by atoms with Crippen LogP contribution >= 0.6 is 0 Å². The molecule has 1 aliphatic carbocycles. The standard InChI is InChI=1S/C20H32O3/c1-15(2)12-14-23-19(22)11-9-17(21)8-10-18-16(3)7-6-13-20(18,4)5/h8,10,15H,6-7,9,11-14H2,1-5H3/b10-8+. The summed E-state index contributed by atoms with van der Waals surface area (Å²) in [6.45, 7) is 11.2. The van der Waals surface area contributed by atoms with Crippen LogP contribution in [0.25, 0.3) is 0 Å². The number of carbonyl (C=O) groups excluding carboxylic acids is 2. The summed E-state index contributed by atoms with van der Waals surface area (Å²) < 4.78 is 5.12. The molecule has 23 heavy (non-hydrogen) atoms. The van der Waals surface area contributed by atoms with E-state index in [-0.39, 0.29) is 30.0 Å². The van der Waals surface area contributed by atoms with Crippen molar-refractivity contribution < 1.29 is 14.3 Å². The molecule has 3 heteroatoms. The second-order valence-corrected chi connectivity index (χ2v) is 7.63. The van der Waals surface area contributed by atoms with Crippen molar-refractivity contribution in [3.05, 3.63) is 23.3 Å². The Kier molecular flexibility index (Phi) is 7.74. The highest BCUT2D eigenvalue weighted by Crippen LogP contribution is 2.40. The van der Waals surface area contributed by atoms with Crippen LogP contribution in [0.4, 0.5) is 0 Å². The zero-order valence-corrected chi connectivity index (χ0v) is 15.4. The van der Waals surface area contributed by atoms with Crippen molar-refractivity contribution in [2.24, 2.45) is 11.3 Å². The minimum Gasteiger partial charge on any atom is -0.466 e. The van der Waals surface area contributed by atoms with Gasteiger partial charge in [0.15, 0.2) is 5.78 Å². The van der Waals surface area contributed by atoms with Crippen LogP contribution in [0, 0.1) is 11.3 Å². The highest BCUT2D eigenvalue weighted by Gasteiger charge is 2.26. The van der Waals surface area contributed by atoms with Gasteiger partial charge in [0.05, 0.1) is 13.0 Å². The van der Waals surface area contributed by atoms with Gasteiger partial charge in [0.1, 0.15) is 0 Å². The zero-order chi connectivity index (χ0) is 17.5. The fourth-order valence-electron chi connectivity index (χ4n) is 2.98. The lowest BCUT2D eigenvalue weighted by molar-refractivity contribution is -0.144. The maximum Gasteiger partial charge on any atom is 0.306 e. The Bertz CT molecular complexity index is 481. The highest BCUT2D eigenvalue weighted by molar-refractivity contribution is 5.92. The fraction of sp³-hybridized carbons (Fsp3) is 0.700. The van der Waals surface area contributed by atoms with Gasteiger partial charge in [-0.25, -0.2) is 0 Å².